The van der Waals surface area contributed by atoms with Gasteiger partial charge in [-0.2, -0.15) is 0 Å². The largest absolute Gasteiger partial charge is 0.461 e. The van der Waals surface area contributed by atoms with Gasteiger partial charge in [0, 0.05) is 6.42 Å². The topological polar surface area (TPSA) is 95.9 Å². The quantitative estimate of drug-likeness (QED) is 0.249. The Labute approximate surface area is 178 Å². The normalized spacial score (nSPS) is 17.2. The summed E-state index contributed by atoms with van der Waals surface area (Å²) < 4.78 is 5.67. The molecule has 1 aliphatic rings. The lowest BCUT2D eigenvalue weighted by Crippen LogP contribution is -2.50. The Bertz CT molecular complexity index is 688. The summed E-state index contributed by atoms with van der Waals surface area (Å²) in [5, 5.41) is 13.2. The molecule has 2 N–H and O–H groups in total. The fourth-order valence-corrected chi connectivity index (χ4v) is 3.89. The van der Waals surface area contributed by atoms with Crippen molar-refractivity contribution in [2.45, 2.75) is 77.5 Å². The Kier molecular flexibility index (Phi) is 9.30. The van der Waals surface area contributed by atoms with Crippen molar-refractivity contribution in [2.24, 2.45) is 11.8 Å². The summed E-state index contributed by atoms with van der Waals surface area (Å²) in [5.74, 6) is -1.30. The van der Waals surface area contributed by atoms with Crippen molar-refractivity contribution in [1.82, 2.24) is 10.4 Å². The van der Waals surface area contributed by atoms with Gasteiger partial charge >= 0.3 is 5.97 Å². The van der Waals surface area contributed by atoms with Gasteiger partial charge < -0.3 is 10.1 Å². The summed E-state index contributed by atoms with van der Waals surface area (Å²) in [6.07, 6.45) is 4.76. The molecule has 0 aromatic heterocycles. The lowest BCUT2D eigenvalue weighted by Gasteiger charge is -2.30. The van der Waals surface area contributed by atoms with Crippen molar-refractivity contribution < 1.29 is 24.3 Å². The maximum Gasteiger partial charge on any atom is 0.329 e. The van der Waals surface area contributed by atoms with E-state index in [4.69, 9.17) is 4.74 Å². The van der Waals surface area contributed by atoms with E-state index < -0.39 is 24.0 Å². The fraction of sp³-hybridized carbons (Fsp3) is 0.609. The average Bonchev–Trinajstić information content (AvgIpc) is 3.23. The van der Waals surface area contributed by atoms with E-state index in [1.165, 1.54) is 0 Å². The maximum absolute atomic E-state index is 13.1. The lowest BCUT2D eigenvalue weighted by atomic mass is 9.89. The molecule has 0 aliphatic heterocycles. The molecule has 7 heteroatoms. The summed E-state index contributed by atoms with van der Waals surface area (Å²) in [6, 6.07) is 7.92. The second kappa shape index (κ2) is 11.7. The Balaban J connectivity index is 2.16. The molecular weight excluding hydrogens is 384 g/mol. The number of carbonyl (C=O) groups is 3. The molecule has 2 rings (SSSR count). The minimum Gasteiger partial charge on any atom is -0.461 e. The van der Waals surface area contributed by atoms with Gasteiger partial charge in [0.1, 0.15) is 12.1 Å². The molecule has 1 fully saturated rings. The maximum atomic E-state index is 13.1. The number of carbonyl (C=O) groups excluding carboxylic acids is 3. The van der Waals surface area contributed by atoms with Gasteiger partial charge in [-0.1, -0.05) is 44.2 Å². The third-order valence-corrected chi connectivity index (χ3v) is 5.64. The Morgan fingerprint density at radius 2 is 1.83 bits per heavy atom. The summed E-state index contributed by atoms with van der Waals surface area (Å²) >= 11 is 0. The zero-order valence-electron chi connectivity index (χ0n) is 18.1. The Hall–Kier alpha value is -2.41. The van der Waals surface area contributed by atoms with Gasteiger partial charge in [0.15, 0.2) is 0 Å². The van der Waals surface area contributed by atoms with Crippen LogP contribution in [0.4, 0.5) is 0 Å². The molecule has 30 heavy (non-hydrogen) atoms. The minimum absolute atomic E-state index is 0.0962. The molecule has 3 atom stereocenters. The van der Waals surface area contributed by atoms with Gasteiger partial charge in [-0.3, -0.25) is 14.8 Å². The van der Waals surface area contributed by atoms with Crippen LogP contribution in [0.2, 0.25) is 0 Å². The summed E-state index contributed by atoms with van der Waals surface area (Å²) in [6.45, 7) is 5.54. The molecule has 1 aromatic carbocycles. The number of rotatable bonds is 11. The van der Waals surface area contributed by atoms with Crippen LogP contribution in [0.5, 0.6) is 0 Å². The minimum atomic E-state index is -0.828. The first-order valence-electron chi connectivity index (χ1n) is 10.8. The number of hydroxylamine groups is 2. The number of nitrogens with zero attached hydrogens (tertiary/aromatic N) is 1. The molecule has 7 nitrogen and oxygen atoms in total. The van der Waals surface area contributed by atoms with Gasteiger partial charge in [-0.25, -0.2) is 9.86 Å². The third-order valence-electron chi connectivity index (χ3n) is 5.64. The van der Waals surface area contributed by atoms with E-state index in [2.05, 4.69) is 5.32 Å². The van der Waals surface area contributed by atoms with Crippen molar-refractivity contribution in [3.63, 3.8) is 0 Å². The van der Waals surface area contributed by atoms with Crippen molar-refractivity contribution in [3.05, 3.63) is 35.9 Å². The third kappa shape index (κ3) is 7.13. The van der Waals surface area contributed by atoms with Crippen LogP contribution in [-0.4, -0.2) is 46.7 Å². The number of ether oxygens (including phenoxy) is 1. The highest BCUT2D eigenvalue weighted by Gasteiger charge is 2.33. The zero-order valence-corrected chi connectivity index (χ0v) is 18.1. The van der Waals surface area contributed by atoms with E-state index in [9.17, 15) is 19.6 Å². The zero-order chi connectivity index (χ0) is 22.1. The van der Waals surface area contributed by atoms with Crippen LogP contribution >= 0.6 is 0 Å². The molecule has 1 aromatic rings. The molecule has 166 valence electrons. The van der Waals surface area contributed by atoms with Gasteiger partial charge in [-0.05, 0) is 50.5 Å². The van der Waals surface area contributed by atoms with Crippen LogP contribution in [0.25, 0.3) is 0 Å². The second-order valence-electron chi connectivity index (χ2n) is 8.56. The summed E-state index contributed by atoms with van der Waals surface area (Å²) in [5.41, 5.74) is 0.913. The SMILES string of the molecule is CC(C)C[C@@H](C(=O)N[C@@H](Cc1ccccc1)C(=O)OC1CCCC1)C(C)N(O)C=O. The molecule has 2 amide bonds. The van der Waals surface area contributed by atoms with Crippen LogP contribution in [0.1, 0.15) is 58.4 Å². The highest BCUT2D eigenvalue weighted by molar-refractivity contribution is 5.86. The number of nitrogens with one attached hydrogen (secondary N) is 1. The highest BCUT2D eigenvalue weighted by Crippen LogP contribution is 2.23. The number of benzene rings is 1. The van der Waals surface area contributed by atoms with Gasteiger partial charge in [0.2, 0.25) is 12.3 Å². The molecule has 1 saturated carbocycles. The van der Waals surface area contributed by atoms with E-state index >= 15 is 0 Å². The molecule has 0 heterocycles. The van der Waals surface area contributed by atoms with Gasteiger partial charge in [0.25, 0.3) is 0 Å². The van der Waals surface area contributed by atoms with Crippen molar-refractivity contribution in [2.75, 3.05) is 0 Å². The first kappa shape index (κ1) is 23.9. The molecule has 1 aliphatic carbocycles. The van der Waals surface area contributed by atoms with Gasteiger partial charge in [-0.15, -0.1) is 0 Å². The molecule has 0 spiro atoms. The number of amides is 2. The second-order valence-corrected chi connectivity index (χ2v) is 8.56. The van der Waals surface area contributed by atoms with Gasteiger partial charge in [0.05, 0.1) is 12.0 Å². The Morgan fingerprint density at radius 1 is 1.20 bits per heavy atom. The van der Waals surface area contributed by atoms with Crippen LogP contribution in [0, 0.1) is 11.8 Å². The molecule has 0 bridgehead atoms. The van der Waals surface area contributed by atoms with E-state index in [0.29, 0.717) is 24.3 Å². The van der Waals surface area contributed by atoms with Crippen LogP contribution in [0.3, 0.4) is 0 Å². The standard InChI is InChI=1S/C23H34N2O5/c1-16(2)13-20(17(3)25(29)15-26)22(27)24-21(14-18-9-5-4-6-10-18)23(28)30-19-11-7-8-12-19/h4-6,9-10,15-17,19-21,29H,7-8,11-14H2,1-3H3,(H,24,27)/t17?,20-,21+/m1/s1. The predicted molar refractivity (Wildman–Crippen MR) is 113 cm³/mol. The smallest absolute Gasteiger partial charge is 0.329 e. The van der Waals surface area contributed by atoms with Crippen molar-refractivity contribution >= 4 is 18.3 Å². The van der Waals surface area contributed by atoms with Crippen LogP contribution in [0.15, 0.2) is 30.3 Å². The molecule has 0 radical (unpaired) electrons. The molecular formula is C23H34N2O5. The Morgan fingerprint density at radius 3 is 2.40 bits per heavy atom. The number of esters is 1. The molecule has 0 saturated heterocycles. The fourth-order valence-electron chi connectivity index (χ4n) is 3.89. The highest BCUT2D eigenvalue weighted by atomic mass is 16.5. The monoisotopic (exact) mass is 418 g/mol. The van der Waals surface area contributed by atoms with E-state index in [-0.39, 0.29) is 17.9 Å². The average molecular weight is 419 g/mol. The van der Waals surface area contributed by atoms with E-state index in [1.807, 2.05) is 44.2 Å². The first-order chi connectivity index (χ1) is 14.3. The van der Waals surface area contributed by atoms with Crippen molar-refractivity contribution in [3.8, 4) is 0 Å². The van der Waals surface area contributed by atoms with Crippen LogP contribution < -0.4 is 5.32 Å². The lowest BCUT2D eigenvalue weighted by molar-refractivity contribution is -0.167. The van der Waals surface area contributed by atoms with Crippen molar-refractivity contribution in [1.29, 1.82) is 0 Å². The first-order valence-corrected chi connectivity index (χ1v) is 10.8. The van der Waals surface area contributed by atoms with E-state index in [1.54, 1.807) is 6.92 Å². The summed E-state index contributed by atoms with van der Waals surface area (Å²) in [4.78, 5) is 37.0. The van der Waals surface area contributed by atoms with Crippen LogP contribution in [-0.2, 0) is 25.5 Å². The molecule has 1 unspecified atom stereocenters. The number of hydrogen-bond acceptors (Lipinski definition) is 5. The van der Waals surface area contributed by atoms with E-state index in [0.717, 1.165) is 31.2 Å². The predicted octanol–water partition coefficient (Wildman–Crippen LogP) is 3.10. The summed E-state index contributed by atoms with van der Waals surface area (Å²) in [7, 11) is 0. The number of hydrogen-bond donors (Lipinski definition) is 2.